The van der Waals surface area contributed by atoms with E-state index in [4.69, 9.17) is 4.42 Å². The molecule has 0 spiro atoms. The van der Waals surface area contributed by atoms with E-state index in [1.54, 1.807) is 0 Å². The molecule has 0 saturated heterocycles. The molecule has 0 bridgehead atoms. The highest BCUT2D eigenvalue weighted by Crippen LogP contribution is 2.25. The molecule has 1 fully saturated rings. The summed E-state index contributed by atoms with van der Waals surface area (Å²) in [5, 5.41) is 7.00. The molecule has 0 radical (unpaired) electrons. The third-order valence-corrected chi connectivity index (χ3v) is 5.45. The first-order valence-corrected chi connectivity index (χ1v) is 10.0. The monoisotopic (exact) mass is 370 g/mol. The molecule has 2 aromatic rings. The maximum atomic E-state index is 12.8. The minimum atomic E-state index is -0.536. The fourth-order valence-corrected chi connectivity index (χ4v) is 3.76. The Morgan fingerprint density at radius 2 is 1.74 bits per heavy atom. The Hall–Kier alpha value is -2.30. The molecule has 1 aromatic carbocycles. The Kier molecular flexibility index (Phi) is 6.19. The summed E-state index contributed by atoms with van der Waals surface area (Å²) < 4.78 is 5.85. The van der Waals surface area contributed by atoms with Gasteiger partial charge >= 0.3 is 0 Å². The van der Waals surface area contributed by atoms with Gasteiger partial charge in [-0.15, -0.1) is 0 Å². The lowest BCUT2D eigenvalue weighted by molar-refractivity contribution is -0.133. The van der Waals surface area contributed by atoms with Crippen molar-refractivity contribution in [2.24, 2.45) is 11.8 Å². The van der Waals surface area contributed by atoms with E-state index in [9.17, 15) is 9.59 Å². The molecule has 1 aliphatic rings. The fourth-order valence-electron chi connectivity index (χ4n) is 3.76. The summed E-state index contributed by atoms with van der Waals surface area (Å²) >= 11 is 0. The van der Waals surface area contributed by atoms with Crippen molar-refractivity contribution in [2.45, 2.75) is 65.0 Å². The second-order valence-electron chi connectivity index (χ2n) is 7.98. The van der Waals surface area contributed by atoms with E-state index in [0.717, 1.165) is 36.7 Å². The molecule has 2 amide bonds. The molecular weight excluding hydrogens is 340 g/mol. The van der Waals surface area contributed by atoms with Gasteiger partial charge in [0.2, 0.25) is 11.8 Å². The number of hydrogen-bond acceptors (Lipinski definition) is 3. The Morgan fingerprint density at radius 1 is 1.04 bits per heavy atom. The third-order valence-electron chi connectivity index (χ3n) is 5.45. The van der Waals surface area contributed by atoms with Crippen LogP contribution in [-0.4, -0.2) is 17.9 Å². The molecule has 1 saturated carbocycles. The number of rotatable bonds is 6. The average Bonchev–Trinajstić information content (AvgIpc) is 3.10. The van der Waals surface area contributed by atoms with Crippen LogP contribution in [0.2, 0.25) is 0 Å². The van der Waals surface area contributed by atoms with E-state index < -0.39 is 6.04 Å². The number of amides is 2. The summed E-state index contributed by atoms with van der Waals surface area (Å²) in [5.74, 6) is 0.619. The molecule has 2 atom stereocenters. The van der Waals surface area contributed by atoms with Crippen LogP contribution in [0.4, 0.5) is 0 Å². The lowest BCUT2D eigenvalue weighted by Crippen LogP contribution is -2.51. The lowest BCUT2D eigenvalue weighted by atomic mass is 9.88. The summed E-state index contributed by atoms with van der Waals surface area (Å²) in [6, 6.07) is 8.93. The van der Waals surface area contributed by atoms with Crippen molar-refractivity contribution in [1.82, 2.24) is 10.6 Å². The standard InChI is InChI=1S/C22H30N2O3/c1-14(2)20(24-21(25)16-9-5-4-6-10-16)22(26)23-15(3)19-13-17-11-7-8-12-18(17)27-19/h7-8,11-16,20H,4-6,9-10H2,1-3H3,(H,23,26)(H,24,25)/t15-,20+/m0/s1. The lowest BCUT2D eigenvalue weighted by Gasteiger charge is -2.27. The molecule has 5 heteroatoms. The van der Waals surface area contributed by atoms with Crippen molar-refractivity contribution >= 4 is 22.8 Å². The third kappa shape index (κ3) is 4.71. The summed E-state index contributed by atoms with van der Waals surface area (Å²) in [4.78, 5) is 25.4. The highest BCUT2D eigenvalue weighted by molar-refractivity contribution is 5.89. The van der Waals surface area contributed by atoms with Crippen LogP contribution in [0.5, 0.6) is 0 Å². The normalized spacial score (nSPS) is 17.6. The maximum absolute atomic E-state index is 12.8. The number of carbonyl (C=O) groups excluding carboxylic acids is 2. The van der Waals surface area contributed by atoms with E-state index in [1.165, 1.54) is 6.42 Å². The number of fused-ring (bicyclic) bond motifs is 1. The molecule has 27 heavy (non-hydrogen) atoms. The van der Waals surface area contributed by atoms with Gasteiger partial charge in [0, 0.05) is 11.3 Å². The predicted molar refractivity (Wildman–Crippen MR) is 106 cm³/mol. The van der Waals surface area contributed by atoms with Crippen LogP contribution in [0.1, 0.15) is 64.7 Å². The summed E-state index contributed by atoms with van der Waals surface area (Å²) in [6.45, 7) is 5.81. The quantitative estimate of drug-likeness (QED) is 0.795. The van der Waals surface area contributed by atoms with E-state index in [1.807, 2.05) is 51.1 Å². The summed E-state index contributed by atoms with van der Waals surface area (Å²) in [7, 11) is 0. The van der Waals surface area contributed by atoms with Crippen LogP contribution in [0.3, 0.4) is 0 Å². The fraction of sp³-hybridized carbons (Fsp3) is 0.545. The molecule has 1 heterocycles. The zero-order valence-corrected chi connectivity index (χ0v) is 16.5. The van der Waals surface area contributed by atoms with Gasteiger partial charge < -0.3 is 15.1 Å². The van der Waals surface area contributed by atoms with Gasteiger partial charge in [-0.3, -0.25) is 9.59 Å². The van der Waals surface area contributed by atoms with Gasteiger partial charge in [-0.05, 0) is 37.8 Å². The van der Waals surface area contributed by atoms with Gasteiger partial charge in [0.15, 0.2) is 0 Å². The van der Waals surface area contributed by atoms with Crippen LogP contribution in [0, 0.1) is 11.8 Å². The number of hydrogen-bond donors (Lipinski definition) is 2. The zero-order valence-electron chi connectivity index (χ0n) is 16.5. The number of furan rings is 1. The number of carbonyl (C=O) groups is 2. The highest BCUT2D eigenvalue weighted by Gasteiger charge is 2.29. The Labute approximate surface area is 160 Å². The molecule has 5 nitrogen and oxygen atoms in total. The van der Waals surface area contributed by atoms with Crippen molar-refractivity contribution in [1.29, 1.82) is 0 Å². The van der Waals surface area contributed by atoms with Gasteiger partial charge in [0.1, 0.15) is 17.4 Å². The first-order chi connectivity index (χ1) is 13.0. The van der Waals surface area contributed by atoms with Crippen LogP contribution in [-0.2, 0) is 9.59 Å². The Balaban J connectivity index is 1.64. The predicted octanol–water partition coefficient (Wildman–Crippen LogP) is 4.33. The molecular formula is C22H30N2O3. The van der Waals surface area contributed by atoms with E-state index in [-0.39, 0.29) is 29.7 Å². The second-order valence-corrected chi connectivity index (χ2v) is 7.98. The molecule has 1 aliphatic carbocycles. The first kappa shape index (κ1) is 19.5. The second kappa shape index (κ2) is 8.59. The molecule has 2 N–H and O–H groups in total. The van der Waals surface area contributed by atoms with Crippen molar-refractivity contribution in [3.63, 3.8) is 0 Å². The average molecular weight is 370 g/mol. The van der Waals surface area contributed by atoms with Crippen molar-refractivity contribution in [3.05, 3.63) is 36.1 Å². The van der Waals surface area contributed by atoms with Gasteiger partial charge in [0.05, 0.1) is 6.04 Å². The van der Waals surface area contributed by atoms with Crippen LogP contribution in [0.15, 0.2) is 34.7 Å². The minimum Gasteiger partial charge on any atom is -0.459 e. The largest absolute Gasteiger partial charge is 0.459 e. The number of benzene rings is 1. The maximum Gasteiger partial charge on any atom is 0.243 e. The van der Waals surface area contributed by atoms with Crippen LogP contribution in [0.25, 0.3) is 11.0 Å². The number of nitrogens with one attached hydrogen (secondary N) is 2. The van der Waals surface area contributed by atoms with Crippen LogP contribution < -0.4 is 10.6 Å². The Morgan fingerprint density at radius 3 is 2.41 bits per heavy atom. The van der Waals surface area contributed by atoms with Gasteiger partial charge in [-0.25, -0.2) is 0 Å². The molecule has 146 valence electrons. The zero-order chi connectivity index (χ0) is 19.4. The van der Waals surface area contributed by atoms with Gasteiger partial charge in [-0.1, -0.05) is 51.3 Å². The molecule has 0 aliphatic heterocycles. The van der Waals surface area contributed by atoms with E-state index in [0.29, 0.717) is 5.76 Å². The van der Waals surface area contributed by atoms with E-state index in [2.05, 4.69) is 10.6 Å². The smallest absolute Gasteiger partial charge is 0.243 e. The summed E-state index contributed by atoms with van der Waals surface area (Å²) in [6.07, 6.45) is 5.24. The summed E-state index contributed by atoms with van der Waals surface area (Å²) in [5.41, 5.74) is 0.805. The molecule has 1 aromatic heterocycles. The first-order valence-electron chi connectivity index (χ1n) is 10.0. The topological polar surface area (TPSA) is 71.3 Å². The van der Waals surface area contributed by atoms with Crippen LogP contribution >= 0.6 is 0 Å². The van der Waals surface area contributed by atoms with Gasteiger partial charge in [-0.2, -0.15) is 0 Å². The van der Waals surface area contributed by atoms with Crippen molar-refractivity contribution in [3.8, 4) is 0 Å². The minimum absolute atomic E-state index is 0.0138. The molecule has 0 unspecified atom stereocenters. The van der Waals surface area contributed by atoms with Crippen molar-refractivity contribution in [2.75, 3.05) is 0 Å². The Bertz CT molecular complexity index is 757. The van der Waals surface area contributed by atoms with E-state index >= 15 is 0 Å². The van der Waals surface area contributed by atoms with Crippen molar-refractivity contribution < 1.29 is 14.0 Å². The molecule has 3 rings (SSSR count). The highest BCUT2D eigenvalue weighted by atomic mass is 16.3. The number of para-hydroxylation sites is 1. The van der Waals surface area contributed by atoms with Gasteiger partial charge in [0.25, 0.3) is 0 Å². The SMILES string of the molecule is CC(C)[C@@H](NC(=O)C1CCCCC1)C(=O)N[C@@H](C)c1cc2ccccc2o1.